The van der Waals surface area contributed by atoms with Gasteiger partial charge in [-0.25, -0.2) is 4.98 Å². The van der Waals surface area contributed by atoms with Crippen LogP contribution >= 0.6 is 27.3 Å². The first-order valence-electron chi connectivity index (χ1n) is 6.95. The number of nitrogens with zero attached hydrogens (tertiary/aromatic N) is 1. The van der Waals surface area contributed by atoms with Crippen LogP contribution in [0.25, 0.3) is 0 Å². The van der Waals surface area contributed by atoms with Gasteiger partial charge >= 0.3 is 0 Å². The third-order valence-electron chi connectivity index (χ3n) is 3.06. The summed E-state index contributed by atoms with van der Waals surface area (Å²) in [5.74, 6) is 0.643. The minimum absolute atomic E-state index is 0.643. The molecule has 0 fully saturated rings. The number of aromatic nitrogens is 1. The van der Waals surface area contributed by atoms with E-state index in [1.165, 1.54) is 21.1 Å². The summed E-state index contributed by atoms with van der Waals surface area (Å²) in [5, 5.41) is 4.45. The number of nitrogens with one attached hydrogen (secondary N) is 1. The van der Waals surface area contributed by atoms with E-state index in [0.29, 0.717) is 5.92 Å². The summed E-state index contributed by atoms with van der Waals surface area (Å²) in [5.41, 5.74) is 2.56. The maximum atomic E-state index is 4.86. The van der Waals surface area contributed by atoms with E-state index in [2.05, 4.69) is 53.3 Å². The summed E-state index contributed by atoms with van der Waals surface area (Å²) in [6, 6.07) is 8.38. The Bertz CT molecular complexity index is 563. The predicted octanol–water partition coefficient (Wildman–Crippen LogP) is 4.41. The summed E-state index contributed by atoms with van der Waals surface area (Å²) in [6.07, 6.45) is 1.96. The number of halogens is 1. The lowest BCUT2D eigenvalue weighted by Crippen LogP contribution is -2.07. The van der Waals surface area contributed by atoms with Crippen molar-refractivity contribution in [3.63, 3.8) is 0 Å². The monoisotopic (exact) mass is 352 g/mol. The molecule has 0 amide bonds. The average Bonchev–Trinajstić information content (AvgIpc) is 2.74. The van der Waals surface area contributed by atoms with Crippen molar-refractivity contribution in [2.45, 2.75) is 33.2 Å². The molecular weight excluding hydrogens is 332 g/mol. The Labute approximate surface area is 133 Å². The molecule has 0 aliphatic rings. The van der Waals surface area contributed by atoms with E-state index in [1.807, 2.05) is 24.5 Å². The lowest BCUT2D eigenvalue weighted by atomic mass is 10.1. The van der Waals surface area contributed by atoms with E-state index in [-0.39, 0.29) is 0 Å². The van der Waals surface area contributed by atoms with Crippen LogP contribution in [-0.2, 0) is 19.4 Å². The molecule has 0 atom stereocenters. The number of rotatable bonds is 6. The predicted molar refractivity (Wildman–Crippen MR) is 90.4 cm³/mol. The zero-order valence-corrected chi connectivity index (χ0v) is 14.6. The fourth-order valence-corrected chi connectivity index (χ4v) is 3.72. The largest absolute Gasteiger partial charge is 0.315 e. The van der Waals surface area contributed by atoms with Crippen LogP contribution in [0.2, 0.25) is 0 Å². The Morgan fingerprint density at radius 2 is 2.05 bits per heavy atom. The molecule has 0 aliphatic carbocycles. The number of thiazole rings is 1. The number of hydrogen-bond donors (Lipinski definition) is 1. The highest BCUT2D eigenvalue weighted by Gasteiger charge is 2.13. The van der Waals surface area contributed by atoms with Gasteiger partial charge in [0.25, 0.3) is 0 Å². The molecule has 1 N–H and O–H groups in total. The van der Waals surface area contributed by atoms with E-state index in [1.54, 1.807) is 0 Å². The fourth-order valence-electron chi connectivity index (χ4n) is 2.16. The van der Waals surface area contributed by atoms with Gasteiger partial charge in [-0.2, -0.15) is 0 Å². The first-order chi connectivity index (χ1) is 9.60. The van der Waals surface area contributed by atoms with Crippen molar-refractivity contribution in [1.82, 2.24) is 10.3 Å². The Morgan fingerprint density at radius 1 is 1.30 bits per heavy atom. The second-order valence-electron chi connectivity index (χ2n) is 5.37. The van der Waals surface area contributed by atoms with Gasteiger partial charge in [-0.3, -0.25) is 0 Å². The second kappa shape index (κ2) is 7.34. The van der Waals surface area contributed by atoms with Gasteiger partial charge in [-0.05, 0) is 31.0 Å². The van der Waals surface area contributed by atoms with Crippen LogP contribution in [0, 0.1) is 5.92 Å². The number of hydrogen-bond acceptors (Lipinski definition) is 3. The van der Waals surface area contributed by atoms with Gasteiger partial charge < -0.3 is 5.32 Å². The minimum atomic E-state index is 0.643. The van der Waals surface area contributed by atoms with Crippen molar-refractivity contribution in [3.05, 3.63) is 49.9 Å². The summed E-state index contributed by atoms with van der Waals surface area (Å²) < 4.78 is 1.16. The average molecular weight is 353 g/mol. The zero-order chi connectivity index (χ0) is 14.5. The molecule has 0 aliphatic heterocycles. The molecule has 2 nitrogen and oxygen atoms in total. The Morgan fingerprint density at radius 3 is 2.70 bits per heavy atom. The van der Waals surface area contributed by atoms with Crippen LogP contribution in [0.5, 0.6) is 0 Å². The molecule has 2 rings (SSSR count). The molecule has 108 valence electrons. The SMILES string of the molecule is CNCc1sc(Cc2ccccc2Br)nc1CC(C)C. The number of benzene rings is 1. The normalized spacial score (nSPS) is 11.2. The van der Waals surface area contributed by atoms with Gasteiger partial charge in [-0.15, -0.1) is 11.3 Å². The van der Waals surface area contributed by atoms with E-state index >= 15 is 0 Å². The van der Waals surface area contributed by atoms with Crippen molar-refractivity contribution < 1.29 is 0 Å². The van der Waals surface area contributed by atoms with Crippen LogP contribution in [0.1, 0.15) is 35.0 Å². The van der Waals surface area contributed by atoms with Crippen LogP contribution in [0.3, 0.4) is 0 Å². The van der Waals surface area contributed by atoms with Gasteiger partial charge in [0, 0.05) is 22.3 Å². The van der Waals surface area contributed by atoms with Crippen molar-refractivity contribution in [2.24, 2.45) is 5.92 Å². The van der Waals surface area contributed by atoms with Crippen molar-refractivity contribution in [3.8, 4) is 0 Å². The molecular formula is C16H21BrN2S. The molecule has 0 radical (unpaired) electrons. The van der Waals surface area contributed by atoms with Gasteiger partial charge in [0.15, 0.2) is 0 Å². The summed E-state index contributed by atoms with van der Waals surface area (Å²) >= 11 is 5.45. The molecule has 1 heterocycles. The Balaban J connectivity index is 2.22. The molecule has 0 unspecified atom stereocenters. The van der Waals surface area contributed by atoms with Crippen LogP contribution in [-0.4, -0.2) is 12.0 Å². The topological polar surface area (TPSA) is 24.9 Å². The highest BCUT2D eigenvalue weighted by atomic mass is 79.9. The summed E-state index contributed by atoms with van der Waals surface area (Å²) in [6.45, 7) is 5.40. The molecule has 20 heavy (non-hydrogen) atoms. The Hall–Kier alpha value is -0.710. The minimum Gasteiger partial charge on any atom is -0.315 e. The van der Waals surface area contributed by atoms with E-state index < -0.39 is 0 Å². The maximum absolute atomic E-state index is 4.86. The van der Waals surface area contributed by atoms with E-state index in [4.69, 9.17) is 4.98 Å². The van der Waals surface area contributed by atoms with E-state index in [9.17, 15) is 0 Å². The molecule has 4 heteroatoms. The first-order valence-corrected chi connectivity index (χ1v) is 8.56. The van der Waals surface area contributed by atoms with Crippen molar-refractivity contribution >= 4 is 27.3 Å². The first kappa shape index (κ1) is 15.7. The van der Waals surface area contributed by atoms with Gasteiger partial charge in [0.2, 0.25) is 0 Å². The lowest BCUT2D eigenvalue weighted by Gasteiger charge is -2.04. The Kier molecular flexibility index (Phi) is 5.75. The molecule has 0 saturated carbocycles. The highest BCUT2D eigenvalue weighted by Crippen LogP contribution is 2.26. The molecule has 1 aromatic carbocycles. The smallest absolute Gasteiger partial charge is 0.0975 e. The second-order valence-corrected chi connectivity index (χ2v) is 7.40. The van der Waals surface area contributed by atoms with Gasteiger partial charge in [0.1, 0.15) is 0 Å². The standard InChI is InChI=1S/C16H21BrN2S/c1-11(2)8-14-15(10-18-3)20-16(19-14)9-12-6-4-5-7-13(12)17/h4-7,11,18H,8-10H2,1-3H3. The van der Waals surface area contributed by atoms with Crippen molar-refractivity contribution in [1.29, 1.82) is 0 Å². The third-order valence-corrected chi connectivity index (χ3v) is 4.93. The summed E-state index contributed by atoms with van der Waals surface area (Å²) in [7, 11) is 1.99. The molecule has 0 spiro atoms. The van der Waals surface area contributed by atoms with Gasteiger partial charge in [-0.1, -0.05) is 48.0 Å². The molecule has 2 aromatic rings. The molecule has 1 aromatic heterocycles. The van der Waals surface area contributed by atoms with Gasteiger partial charge in [0.05, 0.1) is 10.7 Å². The quantitative estimate of drug-likeness (QED) is 0.832. The molecule has 0 saturated heterocycles. The fraction of sp³-hybridized carbons (Fsp3) is 0.438. The van der Waals surface area contributed by atoms with Crippen LogP contribution in [0.15, 0.2) is 28.7 Å². The van der Waals surface area contributed by atoms with Crippen molar-refractivity contribution in [2.75, 3.05) is 7.05 Å². The zero-order valence-electron chi connectivity index (χ0n) is 12.2. The van der Waals surface area contributed by atoms with Crippen LogP contribution < -0.4 is 5.32 Å². The lowest BCUT2D eigenvalue weighted by molar-refractivity contribution is 0.629. The molecule has 0 bridgehead atoms. The highest BCUT2D eigenvalue weighted by molar-refractivity contribution is 9.10. The third kappa shape index (κ3) is 4.14. The van der Waals surface area contributed by atoms with E-state index in [0.717, 1.165) is 23.9 Å². The summed E-state index contributed by atoms with van der Waals surface area (Å²) in [4.78, 5) is 6.24. The van der Waals surface area contributed by atoms with Crippen LogP contribution in [0.4, 0.5) is 0 Å². The maximum Gasteiger partial charge on any atom is 0.0975 e.